The van der Waals surface area contributed by atoms with Crippen LogP contribution in [0.25, 0.3) is 0 Å². The molecule has 0 fully saturated rings. The van der Waals surface area contributed by atoms with Crippen LogP contribution in [0.15, 0.2) is 22.7 Å². The number of nitrogens with one attached hydrogen (secondary N) is 1. The molecule has 0 saturated carbocycles. The van der Waals surface area contributed by atoms with Crippen molar-refractivity contribution in [3.8, 4) is 18.4 Å². The number of hydrogen-bond acceptors (Lipinski definition) is 2. The maximum absolute atomic E-state index is 8.75. The third-order valence-electron chi connectivity index (χ3n) is 1.48. The van der Waals surface area contributed by atoms with Crippen molar-refractivity contribution in [2.24, 2.45) is 0 Å². The maximum Gasteiger partial charge on any atom is 0.101 e. The van der Waals surface area contributed by atoms with Crippen molar-refractivity contribution in [1.29, 1.82) is 5.26 Å². The molecule has 3 heteroatoms. The summed E-state index contributed by atoms with van der Waals surface area (Å²) in [6, 6.07) is 7.47. The van der Waals surface area contributed by atoms with Crippen LogP contribution in [0.2, 0.25) is 0 Å². The zero-order chi connectivity index (χ0) is 9.68. The van der Waals surface area contributed by atoms with E-state index >= 15 is 0 Å². The van der Waals surface area contributed by atoms with Gasteiger partial charge in [0.05, 0.1) is 17.8 Å². The van der Waals surface area contributed by atoms with Gasteiger partial charge in [-0.25, -0.2) is 0 Å². The normalized spacial score (nSPS) is 8.54. The van der Waals surface area contributed by atoms with Gasteiger partial charge in [-0.05, 0) is 18.2 Å². The molecule has 0 unspecified atom stereocenters. The topological polar surface area (TPSA) is 35.8 Å². The number of benzene rings is 1. The van der Waals surface area contributed by atoms with E-state index in [2.05, 4.69) is 33.2 Å². The van der Waals surface area contributed by atoms with Crippen LogP contribution in [0.5, 0.6) is 0 Å². The van der Waals surface area contributed by atoms with Crippen molar-refractivity contribution in [2.75, 3.05) is 11.9 Å². The number of terminal acetylenes is 1. The highest BCUT2D eigenvalue weighted by Crippen LogP contribution is 2.20. The molecule has 0 spiro atoms. The first kappa shape index (κ1) is 9.64. The minimum absolute atomic E-state index is 0.422. The highest BCUT2D eigenvalue weighted by molar-refractivity contribution is 9.10. The van der Waals surface area contributed by atoms with E-state index in [0.717, 1.165) is 10.2 Å². The van der Waals surface area contributed by atoms with E-state index in [1.165, 1.54) is 0 Å². The van der Waals surface area contributed by atoms with Crippen LogP contribution in [-0.2, 0) is 0 Å². The second-order valence-corrected chi connectivity index (χ2v) is 3.28. The summed E-state index contributed by atoms with van der Waals surface area (Å²) in [5.41, 5.74) is 1.35. The van der Waals surface area contributed by atoms with Gasteiger partial charge >= 0.3 is 0 Å². The predicted octanol–water partition coefficient (Wildman–Crippen LogP) is 2.37. The van der Waals surface area contributed by atoms with Crippen molar-refractivity contribution in [3.05, 3.63) is 28.2 Å². The molecular weight excluding hydrogens is 228 g/mol. The molecule has 0 amide bonds. The Hall–Kier alpha value is -1.45. The van der Waals surface area contributed by atoms with Crippen LogP contribution in [0.1, 0.15) is 5.56 Å². The van der Waals surface area contributed by atoms with Gasteiger partial charge in [0.25, 0.3) is 0 Å². The number of nitriles is 1. The summed E-state index contributed by atoms with van der Waals surface area (Å²) in [6.07, 6.45) is 5.10. The van der Waals surface area contributed by atoms with Crippen molar-refractivity contribution in [1.82, 2.24) is 0 Å². The van der Waals surface area contributed by atoms with Crippen LogP contribution in [-0.4, -0.2) is 6.54 Å². The Balaban J connectivity index is 2.97. The van der Waals surface area contributed by atoms with Gasteiger partial charge in [-0.1, -0.05) is 21.9 Å². The Morgan fingerprint density at radius 2 is 2.31 bits per heavy atom. The highest BCUT2D eigenvalue weighted by Gasteiger charge is 2.00. The first-order valence-electron chi connectivity index (χ1n) is 3.65. The molecule has 0 saturated heterocycles. The number of anilines is 1. The second-order valence-electron chi connectivity index (χ2n) is 2.36. The maximum atomic E-state index is 8.75. The average molecular weight is 235 g/mol. The number of rotatable bonds is 2. The first-order chi connectivity index (χ1) is 6.27. The van der Waals surface area contributed by atoms with E-state index < -0.39 is 0 Å². The minimum Gasteiger partial charge on any atom is -0.373 e. The Kier molecular flexibility index (Phi) is 3.37. The van der Waals surface area contributed by atoms with E-state index in [0.29, 0.717) is 12.1 Å². The second kappa shape index (κ2) is 4.54. The first-order valence-corrected chi connectivity index (χ1v) is 4.44. The van der Waals surface area contributed by atoms with Gasteiger partial charge in [0, 0.05) is 4.47 Å². The third kappa shape index (κ3) is 2.50. The molecule has 0 aromatic heterocycles. The summed E-state index contributed by atoms with van der Waals surface area (Å²) in [5.74, 6) is 2.45. The zero-order valence-electron chi connectivity index (χ0n) is 6.84. The standard InChI is InChI=1S/C10H7BrN2/c1-2-5-13-10-6-9(11)4-3-8(10)7-12/h1,3-4,6,13H,5H2. The van der Waals surface area contributed by atoms with Crippen molar-refractivity contribution in [3.63, 3.8) is 0 Å². The summed E-state index contributed by atoms with van der Waals surface area (Å²) in [6.45, 7) is 0.422. The number of halogens is 1. The molecule has 0 radical (unpaired) electrons. The van der Waals surface area contributed by atoms with Gasteiger partial charge in [-0.2, -0.15) is 5.26 Å². The molecule has 1 aromatic carbocycles. The van der Waals surface area contributed by atoms with Gasteiger partial charge in [0.15, 0.2) is 0 Å². The molecular formula is C10H7BrN2. The van der Waals surface area contributed by atoms with Gasteiger partial charge in [-0.15, -0.1) is 6.42 Å². The quantitative estimate of drug-likeness (QED) is 0.798. The van der Waals surface area contributed by atoms with E-state index in [1.54, 1.807) is 6.07 Å². The fourth-order valence-electron chi connectivity index (χ4n) is 0.906. The van der Waals surface area contributed by atoms with Crippen LogP contribution in [0, 0.1) is 23.7 Å². The van der Waals surface area contributed by atoms with Crippen LogP contribution >= 0.6 is 15.9 Å². The Labute approximate surface area is 85.7 Å². The summed E-state index contributed by atoms with van der Waals surface area (Å²) in [7, 11) is 0. The van der Waals surface area contributed by atoms with Gasteiger partial charge in [0.1, 0.15) is 6.07 Å². The minimum atomic E-state index is 0.422. The lowest BCUT2D eigenvalue weighted by molar-refractivity contribution is 1.35. The number of nitrogens with zero attached hydrogens (tertiary/aromatic N) is 1. The molecule has 1 aromatic rings. The monoisotopic (exact) mass is 234 g/mol. The molecule has 2 nitrogen and oxygen atoms in total. The third-order valence-corrected chi connectivity index (χ3v) is 1.98. The molecule has 0 heterocycles. The molecule has 0 atom stereocenters. The molecule has 0 aliphatic rings. The van der Waals surface area contributed by atoms with Crippen molar-refractivity contribution >= 4 is 21.6 Å². The van der Waals surface area contributed by atoms with Gasteiger partial charge < -0.3 is 5.32 Å². The van der Waals surface area contributed by atoms with Crippen LogP contribution in [0.4, 0.5) is 5.69 Å². The summed E-state index contributed by atoms with van der Waals surface area (Å²) in [5, 5.41) is 11.7. The molecule has 64 valence electrons. The molecule has 13 heavy (non-hydrogen) atoms. The van der Waals surface area contributed by atoms with Crippen LogP contribution < -0.4 is 5.32 Å². The SMILES string of the molecule is C#CCNc1cc(Br)ccc1C#N. The summed E-state index contributed by atoms with van der Waals surface area (Å²) >= 11 is 3.32. The molecule has 1 N–H and O–H groups in total. The largest absolute Gasteiger partial charge is 0.373 e. The predicted molar refractivity (Wildman–Crippen MR) is 56.2 cm³/mol. The summed E-state index contributed by atoms with van der Waals surface area (Å²) < 4.78 is 0.922. The van der Waals surface area contributed by atoms with Crippen LogP contribution in [0.3, 0.4) is 0 Å². The molecule has 0 aliphatic heterocycles. The van der Waals surface area contributed by atoms with E-state index in [1.807, 2.05) is 12.1 Å². The smallest absolute Gasteiger partial charge is 0.101 e. The van der Waals surface area contributed by atoms with E-state index in [4.69, 9.17) is 11.7 Å². The Bertz CT molecular complexity index is 385. The number of hydrogen-bond donors (Lipinski definition) is 1. The summed E-state index contributed by atoms with van der Waals surface area (Å²) in [4.78, 5) is 0. The average Bonchev–Trinajstić information content (AvgIpc) is 2.15. The van der Waals surface area contributed by atoms with Crippen molar-refractivity contribution in [2.45, 2.75) is 0 Å². The Morgan fingerprint density at radius 1 is 1.54 bits per heavy atom. The van der Waals surface area contributed by atoms with E-state index in [9.17, 15) is 0 Å². The lowest BCUT2D eigenvalue weighted by atomic mass is 10.2. The molecule has 0 aliphatic carbocycles. The lowest BCUT2D eigenvalue weighted by Crippen LogP contribution is -2.00. The molecule has 0 bridgehead atoms. The van der Waals surface area contributed by atoms with E-state index in [-0.39, 0.29) is 0 Å². The van der Waals surface area contributed by atoms with Crippen molar-refractivity contribution < 1.29 is 0 Å². The fourth-order valence-corrected chi connectivity index (χ4v) is 1.27. The lowest BCUT2D eigenvalue weighted by Gasteiger charge is -2.04. The fraction of sp³-hybridized carbons (Fsp3) is 0.100. The van der Waals surface area contributed by atoms with Gasteiger partial charge in [0.2, 0.25) is 0 Å². The zero-order valence-corrected chi connectivity index (χ0v) is 8.43. The van der Waals surface area contributed by atoms with Gasteiger partial charge in [-0.3, -0.25) is 0 Å². The Morgan fingerprint density at radius 3 is 2.92 bits per heavy atom. The molecule has 1 rings (SSSR count). The highest BCUT2D eigenvalue weighted by atomic mass is 79.9.